The quantitative estimate of drug-likeness (QED) is 0.697. The molecular formula is C13H23ClN4O2. The van der Waals surface area contributed by atoms with Gasteiger partial charge in [-0.05, 0) is 33.5 Å². The van der Waals surface area contributed by atoms with Crippen LogP contribution in [0.2, 0.25) is 5.02 Å². The maximum Gasteiger partial charge on any atom is 0.287 e. The first-order valence-electron chi connectivity index (χ1n) is 6.69. The third-order valence-corrected chi connectivity index (χ3v) is 3.20. The van der Waals surface area contributed by atoms with Gasteiger partial charge in [-0.25, -0.2) is 4.68 Å². The zero-order valence-corrected chi connectivity index (χ0v) is 13.1. The van der Waals surface area contributed by atoms with Crippen LogP contribution in [-0.4, -0.2) is 55.6 Å². The molecule has 0 saturated heterocycles. The van der Waals surface area contributed by atoms with Crippen molar-refractivity contribution in [1.82, 2.24) is 14.7 Å². The van der Waals surface area contributed by atoms with E-state index in [1.165, 1.54) is 4.68 Å². The molecule has 0 atom stereocenters. The topological polar surface area (TPSA) is 59.4 Å². The second kappa shape index (κ2) is 8.94. The van der Waals surface area contributed by atoms with Gasteiger partial charge in [0.15, 0.2) is 0 Å². The Morgan fingerprint density at radius 3 is 2.85 bits per heavy atom. The summed E-state index contributed by atoms with van der Waals surface area (Å²) in [6, 6.07) is 0. The lowest BCUT2D eigenvalue weighted by molar-refractivity contribution is 0.182. The first-order valence-corrected chi connectivity index (χ1v) is 7.07. The minimum absolute atomic E-state index is 0.184. The van der Waals surface area contributed by atoms with Gasteiger partial charge < -0.3 is 15.0 Å². The van der Waals surface area contributed by atoms with Crippen molar-refractivity contribution in [3.05, 3.63) is 21.6 Å². The number of hydrogen-bond donors (Lipinski definition) is 1. The van der Waals surface area contributed by atoms with Crippen molar-refractivity contribution < 1.29 is 4.74 Å². The number of unbranched alkanes of at least 4 members (excludes halogenated alkanes) is 1. The van der Waals surface area contributed by atoms with Crippen molar-refractivity contribution in [2.75, 3.05) is 46.2 Å². The minimum atomic E-state index is -0.290. The van der Waals surface area contributed by atoms with Crippen molar-refractivity contribution in [1.29, 1.82) is 0 Å². The largest absolute Gasteiger partial charge is 0.383 e. The molecule has 1 N–H and O–H groups in total. The lowest BCUT2D eigenvalue weighted by Gasteiger charge is -2.11. The van der Waals surface area contributed by atoms with E-state index in [9.17, 15) is 4.79 Å². The van der Waals surface area contributed by atoms with E-state index in [4.69, 9.17) is 16.3 Å². The van der Waals surface area contributed by atoms with E-state index < -0.39 is 0 Å². The van der Waals surface area contributed by atoms with Crippen molar-refractivity contribution in [3.63, 3.8) is 0 Å². The summed E-state index contributed by atoms with van der Waals surface area (Å²) in [6.07, 6.45) is 3.70. The van der Waals surface area contributed by atoms with Crippen LogP contribution < -0.4 is 10.9 Å². The standard InChI is InChI=1S/C13H23ClN4O2/c1-17(2)7-5-4-6-15-11-10-16-18(8-9-20-3)13(19)12(11)14/h10,15H,4-9H2,1-3H3. The average molecular weight is 303 g/mol. The molecule has 0 radical (unpaired) electrons. The Bertz CT molecular complexity index is 462. The molecule has 1 heterocycles. The van der Waals surface area contributed by atoms with Gasteiger partial charge in [0.05, 0.1) is 25.0 Å². The Balaban J connectivity index is 2.51. The number of anilines is 1. The summed E-state index contributed by atoms with van der Waals surface area (Å²) >= 11 is 6.06. The normalized spacial score (nSPS) is 11.1. The monoisotopic (exact) mass is 302 g/mol. The highest BCUT2D eigenvalue weighted by Gasteiger charge is 2.08. The third-order valence-electron chi connectivity index (χ3n) is 2.84. The summed E-state index contributed by atoms with van der Waals surface area (Å²) in [5.41, 5.74) is 0.303. The molecule has 0 unspecified atom stereocenters. The number of hydrogen-bond acceptors (Lipinski definition) is 5. The number of aromatic nitrogens is 2. The summed E-state index contributed by atoms with van der Waals surface area (Å²) in [5.74, 6) is 0. The van der Waals surface area contributed by atoms with Crippen LogP contribution in [0.4, 0.5) is 5.69 Å². The first-order chi connectivity index (χ1) is 9.56. The van der Waals surface area contributed by atoms with Crippen LogP contribution in [-0.2, 0) is 11.3 Å². The molecule has 0 aromatic carbocycles. The van der Waals surface area contributed by atoms with Gasteiger partial charge in [-0.3, -0.25) is 4.79 Å². The maximum absolute atomic E-state index is 11.9. The smallest absolute Gasteiger partial charge is 0.287 e. The number of nitrogens with zero attached hydrogens (tertiary/aromatic N) is 3. The molecule has 0 fully saturated rings. The van der Waals surface area contributed by atoms with Gasteiger partial charge in [0.25, 0.3) is 5.56 Å². The van der Waals surface area contributed by atoms with Gasteiger partial charge in [0.1, 0.15) is 5.02 Å². The molecule has 0 aliphatic heterocycles. The van der Waals surface area contributed by atoms with E-state index in [2.05, 4.69) is 15.3 Å². The first kappa shape index (κ1) is 16.9. The summed E-state index contributed by atoms with van der Waals surface area (Å²) in [5, 5.41) is 7.41. The lowest BCUT2D eigenvalue weighted by atomic mass is 10.3. The minimum Gasteiger partial charge on any atom is -0.383 e. The predicted octanol–water partition coefficient (Wildman–Crippen LogP) is 1.30. The number of nitrogens with one attached hydrogen (secondary N) is 1. The fourth-order valence-electron chi connectivity index (χ4n) is 1.70. The SMILES string of the molecule is COCCn1ncc(NCCCCN(C)C)c(Cl)c1=O. The molecule has 1 rings (SSSR count). The van der Waals surface area contributed by atoms with E-state index in [0.29, 0.717) is 18.8 Å². The maximum atomic E-state index is 11.9. The van der Waals surface area contributed by atoms with Crippen LogP contribution in [0.5, 0.6) is 0 Å². The molecule has 6 nitrogen and oxygen atoms in total. The number of ether oxygens (including phenoxy) is 1. The Kier molecular flexibility index (Phi) is 7.58. The van der Waals surface area contributed by atoms with Crippen LogP contribution >= 0.6 is 11.6 Å². The van der Waals surface area contributed by atoms with E-state index in [1.54, 1.807) is 13.3 Å². The van der Waals surface area contributed by atoms with E-state index >= 15 is 0 Å². The summed E-state index contributed by atoms with van der Waals surface area (Å²) in [6.45, 7) is 2.65. The van der Waals surface area contributed by atoms with Gasteiger partial charge >= 0.3 is 0 Å². The number of methoxy groups -OCH3 is 1. The molecule has 114 valence electrons. The molecule has 0 spiro atoms. The summed E-state index contributed by atoms with van der Waals surface area (Å²) in [7, 11) is 5.68. The zero-order valence-electron chi connectivity index (χ0n) is 12.4. The fraction of sp³-hybridized carbons (Fsp3) is 0.692. The van der Waals surface area contributed by atoms with Gasteiger partial charge in [0.2, 0.25) is 0 Å². The van der Waals surface area contributed by atoms with Crippen LogP contribution in [0, 0.1) is 0 Å². The molecular weight excluding hydrogens is 280 g/mol. The van der Waals surface area contributed by atoms with E-state index in [1.807, 2.05) is 14.1 Å². The van der Waals surface area contributed by atoms with Gasteiger partial charge in [0, 0.05) is 13.7 Å². The van der Waals surface area contributed by atoms with E-state index in [0.717, 1.165) is 25.9 Å². The molecule has 20 heavy (non-hydrogen) atoms. The second-order valence-electron chi connectivity index (χ2n) is 4.83. The van der Waals surface area contributed by atoms with Crippen LogP contribution in [0.15, 0.2) is 11.0 Å². The van der Waals surface area contributed by atoms with Crippen molar-refractivity contribution in [2.45, 2.75) is 19.4 Å². The second-order valence-corrected chi connectivity index (χ2v) is 5.21. The van der Waals surface area contributed by atoms with Crippen molar-refractivity contribution in [2.24, 2.45) is 0 Å². The average Bonchev–Trinajstić information content (AvgIpc) is 2.41. The molecule has 0 aliphatic rings. The highest BCUT2D eigenvalue weighted by atomic mass is 35.5. The molecule has 7 heteroatoms. The van der Waals surface area contributed by atoms with Gasteiger partial charge in [-0.15, -0.1) is 0 Å². The molecule has 1 aromatic heterocycles. The van der Waals surface area contributed by atoms with Crippen molar-refractivity contribution in [3.8, 4) is 0 Å². The fourth-order valence-corrected chi connectivity index (χ4v) is 1.91. The Morgan fingerprint density at radius 2 is 2.20 bits per heavy atom. The number of rotatable bonds is 9. The van der Waals surface area contributed by atoms with Crippen LogP contribution in [0.3, 0.4) is 0 Å². The van der Waals surface area contributed by atoms with E-state index in [-0.39, 0.29) is 10.6 Å². The Morgan fingerprint density at radius 1 is 1.45 bits per heavy atom. The highest BCUT2D eigenvalue weighted by Crippen LogP contribution is 2.15. The molecule has 0 saturated carbocycles. The van der Waals surface area contributed by atoms with Crippen molar-refractivity contribution >= 4 is 17.3 Å². The van der Waals surface area contributed by atoms with Crippen LogP contribution in [0.1, 0.15) is 12.8 Å². The third kappa shape index (κ3) is 5.48. The summed E-state index contributed by atoms with van der Waals surface area (Å²) in [4.78, 5) is 14.1. The Labute approximate surface area is 124 Å². The highest BCUT2D eigenvalue weighted by molar-refractivity contribution is 6.32. The van der Waals surface area contributed by atoms with Gasteiger partial charge in [-0.2, -0.15) is 5.10 Å². The summed E-state index contributed by atoms with van der Waals surface area (Å²) < 4.78 is 6.23. The lowest BCUT2D eigenvalue weighted by Crippen LogP contribution is -2.26. The Hall–Kier alpha value is -1.11. The van der Waals surface area contributed by atoms with Crippen LogP contribution in [0.25, 0.3) is 0 Å². The molecule has 0 bridgehead atoms. The van der Waals surface area contributed by atoms with Gasteiger partial charge in [-0.1, -0.05) is 11.6 Å². The molecule has 0 amide bonds. The molecule has 0 aliphatic carbocycles. The number of halogens is 1. The predicted molar refractivity (Wildman–Crippen MR) is 81.7 cm³/mol. The molecule has 1 aromatic rings. The zero-order chi connectivity index (χ0) is 15.0.